The molecule has 1 unspecified atom stereocenters. The van der Waals surface area contributed by atoms with Gasteiger partial charge in [-0.2, -0.15) is 0 Å². The topological polar surface area (TPSA) is 78.9 Å². The van der Waals surface area contributed by atoms with Gasteiger partial charge in [-0.15, -0.1) is 0 Å². The minimum atomic E-state index is -0.767. The average molecular weight is 1000 g/mol. The van der Waals surface area contributed by atoms with Crippen molar-refractivity contribution in [1.82, 2.24) is 0 Å². The third kappa shape index (κ3) is 58.9. The maximum absolute atomic E-state index is 12.9. The Morgan fingerprint density at radius 3 is 0.704 bits per heavy atom. The largest absolute Gasteiger partial charge is 0.462 e. The van der Waals surface area contributed by atoms with Gasteiger partial charge in [0.15, 0.2) is 6.10 Å². The van der Waals surface area contributed by atoms with E-state index in [1.54, 1.807) is 0 Å². The molecule has 0 aromatic rings. The van der Waals surface area contributed by atoms with Crippen LogP contribution in [-0.4, -0.2) is 37.2 Å². The van der Waals surface area contributed by atoms with Crippen LogP contribution in [0.25, 0.3) is 0 Å². The van der Waals surface area contributed by atoms with E-state index < -0.39 is 6.10 Å². The van der Waals surface area contributed by atoms with Crippen LogP contribution >= 0.6 is 0 Å². The zero-order valence-electron chi connectivity index (χ0n) is 48.3. The predicted molar refractivity (Wildman–Crippen MR) is 307 cm³/mol. The van der Waals surface area contributed by atoms with E-state index in [2.05, 4.69) is 32.9 Å². The van der Waals surface area contributed by atoms with Crippen LogP contribution in [0.3, 0.4) is 0 Å². The third-order valence-corrected chi connectivity index (χ3v) is 14.8. The van der Waals surface area contributed by atoms with E-state index in [1.807, 2.05) is 0 Å². The molecule has 0 rings (SSSR count). The molecule has 0 heterocycles. The van der Waals surface area contributed by atoms with Crippen molar-refractivity contribution in [1.29, 1.82) is 0 Å². The van der Waals surface area contributed by atoms with Crippen LogP contribution in [0.2, 0.25) is 0 Å². The molecule has 0 amide bonds. The minimum Gasteiger partial charge on any atom is -0.462 e. The molecule has 0 aromatic carbocycles. The van der Waals surface area contributed by atoms with Crippen molar-refractivity contribution in [2.24, 2.45) is 0 Å². The molecule has 0 aliphatic rings. The van der Waals surface area contributed by atoms with Gasteiger partial charge in [-0.25, -0.2) is 0 Å². The first-order valence-corrected chi connectivity index (χ1v) is 32.2. The number of hydrogen-bond acceptors (Lipinski definition) is 6. The Morgan fingerprint density at radius 2 is 0.465 bits per heavy atom. The summed E-state index contributed by atoms with van der Waals surface area (Å²) in [6.45, 7) is 6.72. The molecule has 420 valence electrons. The van der Waals surface area contributed by atoms with Crippen molar-refractivity contribution in [3.05, 3.63) is 12.2 Å². The Balaban J connectivity index is 4.30. The summed E-state index contributed by atoms with van der Waals surface area (Å²) in [5.74, 6) is -0.837. The van der Waals surface area contributed by atoms with E-state index in [0.29, 0.717) is 19.3 Å². The molecule has 0 N–H and O–H groups in total. The third-order valence-electron chi connectivity index (χ3n) is 14.8. The van der Waals surface area contributed by atoms with Gasteiger partial charge in [0.1, 0.15) is 13.2 Å². The standard InChI is InChI=1S/C65H124O6/c1-4-7-10-13-16-19-22-25-28-31-32-35-37-40-43-46-49-52-55-58-64(67)70-61-62(71-65(68)59-56-53-50-47-44-41-38-34-30-27-24-21-18-15-12-9-6-3)60-69-63(66)57-54-51-48-45-42-39-36-33-29-26-23-20-17-14-11-8-5-2/h31-32,62H,4-30,33-61H2,1-3H3/b32-31-. The van der Waals surface area contributed by atoms with Crippen LogP contribution in [0.4, 0.5) is 0 Å². The Bertz CT molecular complexity index is 1100. The molecule has 0 spiro atoms. The molecular weight excluding hydrogens is 877 g/mol. The SMILES string of the molecule is CCCCCCCCCC/C=C\CCCCCCCCCC(=O)OCC(COC(=O)CCCCCCCCCCCCCCCCCCC)OC(=O)CCCCCCCCCCCCCCCCCCC. The number of carbonyl (C=O) groups is 3. The van der Waals surface area contributed by atoms with Crippen LogP contribution in [0.5, 0.6) is 0 Å². The fraction of sp³-hybridized carbons (Fsp3) is 0.923. The second-order valence-corrected chi connectivity index (χ2v) is 22.0. The number of allylic oxidation sites excluding steroid dienone is 2. The summed E-state index contributed by atoms with van der Waals surface area (Å²) in [6, 6.07) is 0. The highest BCUT2D eigenvalue weighted by Crippen LogP contribution is 2.18. The minimum absolute atomic E-state index is 0.0646. The van der Waals surface area contributed by atoms with Crippen LogP contribution in [0.15, 0.2) is 12.2 Å². The first-order chi connectivity index (χ1) is 35.0. The molecule has 0 aliphatic heterocycles. The second kappa shape index (κ2) is 60.7. The van der Waals surface area contributed by atoms with Crippen molar-refractivity contribution in [2.45, 2.75) is 374 Å². The number of esters is 3. The van der Waals surface area contributed by atoms with E-state index in [9.17, 15) is 14.4 Å². The van der Waals surface area contributed by atoms with Crippen LogP contribution in [0, 0.1) is 0 Å². The highest BCUT2D eigenvalue weighted by molar-refractivity contribution is 5.71. The van der Waals surface area contributed by atoms with Crippen molar-refractivity contribution in [3.63, 3.8) is 0 Å². The summed E-state index contributed by atoms with van der Waals surface area (Å²) in [5, 5.41) is 0. The summed E-state index contributed by atoms with van der Waals surface area (Å²) < 4.78 is 17.0. The molecule has 0 aliphatic carbocycles. The lowest BCUT2D eigenvalue weighted by atomic mass is 10.0. The lowest BCUT2D eigenvalue weighted by molar-refractivity contribution is -0.167. The van der Waals surface area contributed by atoms with E-state index in [0.717, 1.165) is 57.8 Å². The zero-order chi connectivity index (χ0) is 51.4. The van der Waals surface area contributed by atoms with E-state index in [-0.39, 0.29) is 31.1 Å². The molecule has 0 saturated heterocycles. The van der Waals surface area contributed by atoms with Gasteiger partial charge in [-0.1, -0.05) is 315 Å². The summed E-state index contributed by atoms with van der Waals surface area (Å²) in [6.07, 6.45) is 70.7. The van der Waals surface area contributed by atoms with Gasteiger partial charge in [-0.3, -0.25) is 14.4 Å². The van der Waals surface area contributed by atoms with Gasteiger partial charge < -0.3 is 14.2 Å². The molecule has 71 heavy (non-hydrogen) atoms. The molecule has 0 aromatic heterocycles. The molecule has 0 bridgehead atoms. The number of unbranched alkanes of at least 4 members (excludes halogenated alkanes) is 47. The van der Waals surface area contributed by atoms with E-state index in [1.165, 1.54) is 270 Å². The second-order valence-electron chi connectivity index (χ2n) is 22.0. The molecule has 0 radical (unpaired) electrons. The molecule has 1 atom stereocenters. The highest BCUT2D eigenvalue weighted by Gasteiger charge is 2.19. The first kappa shape index (κ1) is 69.2. The fourth-order valence-corrected chi connectivity index (χ4v) is 9.91. The zero-order valence-corrected chi connectivity index (χ0v) is 48.3. The fourth-order valence-electron chi connectivity index (χ4n) is 9.91. The maximum Gasteiger partial charge on any atom is 0.306 e. The molecular formula is C65H124O6. The summed E-state index contributed by atoms with van der Waals surface area (Å²) in [4.78, 5) is 38.3. The normalized spacial score (nSPS) is 12.0. The van der Waals surface area contributed by atoms with Gasteiger partial charge in [0.2, 0.25) is 0 Å². The quantitative estimate of drug-likeness (QED) is 0.0261. The van der Waals surface area contributed by atoms with Crippen LogP contribution in [0.1, 0.15) is 367 Å². The summed E-state index contributed by atoms with van der Waals surface area (Å²) >= 11 is 0. The van der Waals surface area contributed by atoms with Crippen molar-refractivity contribution >= 4 is 17.9 Å². The lowest BCUT2D eigenvalue weighted by Crippen LogP contribution is -2.30. The molecule has 0 saturated carbocycles. The molecule has 6 heteroatoms. The smallest absolute Gasteiger partial charge is 0.306 e. The monoisotopic (exact) mass is 1000 g/mol. The van der Waals surface area contributed by atoms with Gasteiger partial charge >= 0.3 is 17.9 Å². The highest BCUT2D eigenvalue weighted by atomic mass is 16.6. The summed E-state index contributed by atoms with van der Waals surface area (Å²) in [5.41, 5.74) is 0. The van der Waals surface area contributed by atoms with Crippen molar-refractivity contribution < 1.29 is 28.6 Å². The van der Waals surface area contributed by atoms with Gasteiger partial charge in [0, 0.05) is 19.3 Å². The van der Waals surface area contributed by atoms with Crippen molar-refractivity contribution in [3.8, 4) is 0 Å². The van der Waals surface area contributed by atoms with E-state index in [4.69, 9.17) is 14.2 Å². The Labute approximate surface area is 443 Å². The van der Waals surface area contributed by atoms with E-state index >= 15 is 0 Å². The Kier molecular flexibility index (Phi) is 59.1. The Hall–Kier alpha value is -1.85. The molecule has 0 fully saturated rings. The van der Waals surface area contributed by atoms with Gasteiger partial charge in [-0.05, 0) is 44.9 Å². The van der Waals surface area contributed by atoms with Gasteiger partial charge in [0.05, 0.1) is 0 Å². The molecule has 6 nitrogen and oxygen atoms in total. The predicted octanol–water partition coefficient (Wildman–Crippen LogP) is 21.7. The number of rotatable bonds is 60. The Morgan fingerprint density at radius 1 is 0.268 bits per heavy atom. The van der Waals surface area contributed by atoms with Crippen molar-refractivity contribution in [2.75, 3.05) is 13.2 Å². The lowest BCUT2D eigenvalue weighted by Gasteiger charge is -2.18. The van der Waals surface area contributed by atoms with Crippen LogP contribution in [-0.2, 0) is 28.6 Å². The summed E-state index contributed by atoms with van der Waals surface area (Å²) in [7, 11) is 0. The number of hydrogen-bond donors (Lipinski definition) is 0. The first-order valence-electron chi connectivity index (χ1n) is 32.2. The number of ether oxygens (including phenoxy) is 3. The average Bonchev–Trinajstić information content (AvgIpc) is 3.37. The van der Waals surface area contributed by atoms with Crippen LogP contribution < -0.4 is 0 Å². The number of carbonyl (C=O) groups excluding carboxylic acids is 3. The maximum atomic E-state index is 12.9. The van der Waals surface area contributed by atoms with Gasteiger partial charge in [0.25, 0.3) is 0 Å².